The predicted molar refractivity (Wildman–Crippen MR) is 93.2 cm³/mol. The van der Waals surface area contributed by atoms with Gasteiger partial charge in [-0.2, -0.15) is 5.10 Å². The maximum atomic E-state index is 12.0. The zero-order valence-corrected chi connectivity index (χ0v) is 14.8. The van der Waals surface area contributed by atoms with Gasteiger partial charge in [0.15, 0.2) is 0 Å². The van der Waals surface area contributed by atoms with Gasteiger partial charge in [-0.1, -0.05) is 51.1 Å². The van der Waals surface area contributed by atoms with Gasteiger partial charge in [-0.3, -0.25) is 9.48 Å². The lowest BCUT2D eigenvalue weighted by molar-refractivity contribution is -0.122. The third-order valence-electron chi connectivity index (χ3n) is 3.86. The summed E-state index contributed by atoms with van der Waals surface area (Å²) in [6, 6.07) is 10.3. The topological polar surface area (TPSA) is 46.9 Å². The molecule has 0 saturated heterocycles. The van der Waals surface area contributed by atoms with Crippen molar-refractivity contribution >= 4 is 5.91 Å². The van der Waals surface area contributed by atoms with Crippen LogP contribution in [0.1, 0.15) is 49.7 Å². The van der Waals surface area contributed by atoms with Crippen molar-refractivity contribution in [3.8, 4) is 0 Å². The molecule has 1 heterocycles. The molecular weight excluding hydrogens is 286 g/mol. The fourth-order valence-corrected chi connectivity index (χ4v) is 2.63. The molecule has 1 aromatic heterocycles. The summed E-state index contributed by atoms with van der Waals surface area (Å²) in [7, 11) is 0. The Morgan fingerprint density at radius 2 is 1.83 bits per heavy atom. The summed E-state index contributed by atoms with van der Waals surface area (Å²) in [4.78, 5) is 12.0. The number of carbonyl (C=O) groups excluding carboxylic acids is 1. The van der Waals surface area contributed by atoms with Crippen LogP contribution in [-0.2, 0) is 17.9 Å². The minimum atomic E-state index is 0.00562. The lowest BCUT2D eigenvalue weighted by atomic mass is 9.92. The fraction of sp³-hybridized carbons (Fsp3) is 0.474. The van der Waals surface area contributed by atoms with Crippen molar-refractivity contribution in [2.45, 2.75) is 54.1 Å². The first-order chi connectivity index (χ1) is 10.8. The van der Waals surface area contributed by atoms with Gasteiger partial charge in [0.1, 0.15) is 0 Å². The Morgan fingerprint density at radius 3 is 2.43 bits per heavy atom. The molecule has 1 N–H and O–H groups in total. The van der Waals surface area contributed by atoms with Gasteiger partial charge < -0.3 is 5.32 Å². The van der Waals surface area contributed by atoms with E-state index < -0.39 is 0 Å². The number of nitrogens with one attached hydrogen (secondary N) is 1. The highest BCUT2D eigenvalue weighted by molar-refractivity contribution is 5.76. The van der Waals surface area contributed by atoms with Gasteiger partial charge >= 0.3 is 0 Å². The van der Waals surface area contributed by atoms with Crippen LogP contribution in [-0.4, -0.2) is 15.7 Å². The Balaban J connectivity index is 2.05. The van der Waals surface area contributed by atoms with E-state index in [1.165, 1.54) is 5.56 Å². The fourth-order valence-electron chi connectivity index (χ4n) is 2.63. The van der Waals surface area contributed by atoms with E-state index in [-0.39, 0.29) is 11.3 Å². The van der Waals surface area contributed by atoms with E-state index in [0.29, 0.717) is 13.0 Å². The zero-order chi connectivity index (χ0) is 17.0. The quantitative estimate of drug-likeness (QED) is 0.917. The summed E-state index contributed by atoms with van der Waals surface area (Å²) in [5, 5.41) is 7.65. The molecule has 0 radical (unpaired) electrons. The summed E-state index contributed by atoms with van der Waals surface area (Å²) >= 11 is 0. The highest BCUT2D eigenvalue weighted by atomic mass is 16.1. The van der Waals surface area contributed by atoms with Crippen LogP contribution in [0.3, 0.4) is 0 Å². The van der Waals surface area contributed by atoms with E-state index >= 15 is 0 Å². The van der Waals surface area contributed by atoms with Crippen molar-refractivity contribution in [2.75, 3.05) is 0 Å². The molecule has 0 spiro atoms. The molecule has 23 heavy (non-hydrogen) atoms. The number of carbonyl (C=O) groups is 1. The molecule has 0 aliphatic heterocycles. The van der Waals surface area contributed by atoms with Gasteiger partial charge in [0, 0.05) is 24.2 Å². The van der Waals surface area contributed by atoms with Crippen LogP contribution in [0.15, 0.2) is 30.3 Å². The second-order valence-electron chi connectivity index (χ2n) is 7.31. The van der Waals surface area contributed by atoms with Gasteiger partial charge in [-0.05, 0) is 24.8 Å². The summed E-state index contributed by atoms with van der Waals surface area (Å²) in [5.41, 5.74) is 4.44. The molecule has 2 rings (SSSR count). The van der Waals surface area contributed by atoms with Gasteiger partial charge in [-0.25, -0.2) is 0 Å². The minimum Gasteiger partial charge on any atom is -0.352 e. The van der Waals surface area contributed by atoms with Crippen LogP contribution in [0.5, 0.6) is 0 Å². The Hall–Kier alpha value is -2.10. The van der Waals surface area contributed by atoms with Crippen molar-refractivity contribution in [3.05, 3.63) is 52.8 Å². The van der Waals surface area contributed by atoms with Crippen molar-refractivity contribution in [1.29, 1.82) is 0 Å². The molecular formula is C19H27N3O. The molecule has 1 amide bonds. The summed E-state index contributed by atoms with van der Waals surface area (Å²) in [6.45, 7) is 11.6. The molecule has 0 atom stereocenters. The SMILES string of the molecule is Cc1nn(Cc2ccccc2)c(C)c1CNC(=O)CC(C)(C)C. The number of aryl methyl sites for hydroxylation is 1. The molecule has 4 nitrogen and oxygen atoms in total. The lowest BCUT2D eigenvalue weighted by Crippen LogP contribution is -2.27. The maximum absolute atomic E-state index is 12.0. The molecule has 0 unspecified atom stereocenters. The molecule has 2 aromatic rings. The van der Waals surface area contributed by atoms with Gasteiger partial charge in [-0.15, -0.1) is 0 Å². The molecule has 1 aromatic carbocycles. The molecule has 0 saturated carbocycles. The van der Waals surface area contributed by atoms with Crippen LogP contribution >= 0.6 is 0 Å². The second kappa shape index (κ2) is 6.99. The Morgan fingerprint density at radius 1 is 1.17 bits per heavy atom. The van der Waals surface area contributed by atoms with Gasteiger partial charge in [0.2, 0.25) is 5.91 Å². The molecule has 0 aliphatic rings. The second-order valence-corrected chi connectivity index (χ2v) is 7.31. The zero-order valence-electron chi connectivity index (χ0n) is 14.8. The predicted octanol–water partition coefficient (Wildman–Crippen LogP) is 3.60. The van der Waals surface area contributed by atoms with E-state index in [1.807, 2.05) is 29.8 Å². The van der Waals surface area contributed by atoms with Gasteiger partial charge in [0.05, 0.1) is 12.2 Å². The minimum absolute atomic E-state index is 0.00562. The average Bonchev–Trinajstić information content (AvgIpc) is 2.71. The van der Waals surface area contributed by atoms with Crippen molar-refractivity contribution < 1.29 is 4.79 Å². The maximum Gasteiger partial charge on any atom is 0.220 e. The van der Waals surface area contributed by atoms with E-state index in [0.717, 1.165) is 23.5 Å². The highest BCUT2D eigenvalue weighted by Crippen LogP contribution is 2.19. The van der Waals surface area contributed by atoms with E-state index in [1.54, 1.807) is 0 Å². The van der Waals surface area contributed by atoms with Crippen LogP contribution in [0.25, 0.3) is 0 Å². The average molecular weight is 313 g/mol. The van der Waals surface area contributed by atoms with Crippen molar-refractivity contribution in [2.24, 2.45) is 5.41 Å². The third kappa shape index (κ3) is 4.95. The molecule has 0 bridgehead atoms. The number of hydrogen-bond acceptors (Lipinski definition) is 2. The number of amides is 1. The Kier molecular flexibility index (Phi) is 5.24. The highest BCUT2D eigenvalue weighted by Gasteiger charge is 2.17. The smallest absolute Gasteiger partial charge is 0.220 e. The van der Waals surface area contributed by atoms with Crippen molar-refractivity contribution in [3.63, 3.8) is 0 Å². The number of aromatic nitrogens is 2. The van der Waals surface area contributed by atoms with E-state index in [9.17, 15) is 4.79 Å². The lowest BCUT2D eigenvalue weighted by Gasteiger charge is -2.17. The largest absolute Gasteiger partial charge is 0.352 e. The van der Waals surface area contributed by atoms with Crippen LogP contribution in [0.4, 0.5) is 0 Å². The Bertz CT molecular complexity index is 666. The molecule has 0 aliphatic carbocycles. The summed E-state index contributed by atoms with van der Waals surface area (Å²) in [6.07, 6.45) is 0.531. The first kappa shape index (κ1) is 17.3. The van der Waals surface area contributed by atoms with Crippen LogP contribution < -0.4 is 5.32 Å². The van der Waals surface area contributed by atoms with Crippen LogP contribution in [0.2, 0.25) is 0 Å². The number of rotatable bonds is 5. The number of hydrogen-bond donors (Lipinski definition) is 1. The third-order valence-corrected chi connectivity index (χ3v) is 3.86. The molecule has 0 fully saturated rings. The van der Waals surface area contributed by atoms with Crippen molar-refractivity contribution in [1.82, 2.24) is 15.1 Å². The van der Waals surface area contributed by atoms with Gasteiger partial charge in [0.25, 0.3) is 0 Å². The number of nitrogens with zero attached hydrogens (tertiary/aromatic N) is 2. The van der Waals surface area contributed by atoms with Crippen LogP contribution in [0, 0.1) is 19.3 Å². The van der Waals surface area contributed by atoms with E-state index in [2.05, 4.69) is 50.2 Å². The normalized spacial score (nSPS) is 11.5. The summed E-state index contributed by atoms with van der Waals surface area (Å²) < 4.78 is 2.01. The monoisotopic (exact) mass is 313 g/mol. The first-order valence-corrected chi connectivity index (χ1v) is 8.10. The summed E-state index contributed by atoms with van der Waals surface area (Å²) in [5.74, 6) is 0.0899. The number of benzene rings is 1. The molecule has 124 valence electrons. The van der Waals surface area contributed by atoms with E-state index in [4.69, 9.17) is 0 Å². The first-order valence-electron chi connectivity index (χ1n) is 8.10. The standard InChI is InChI=1S/C19H27N3O/c1-14-17(12-20-18(23)11-19(3,4)5)15(2)22(21-14)13-16-9-7-6-8-10-16/h6-10H,11-13H2,1-5H3,(H,20,23). The molecule has 4 heteroatoms. The Labute approximate surface area is 138 Å².